The highest BCUT2D eigenvalue weighted by Crippen LogP contribution is 2.48. The fourth-order valence-electron chi connectivity index (χ4n) is 9.30. The summed E-state index contributed by atoms with van der Waals surface area (Å²) in [6, 6.07) is 45.5. The lowest BCUT2D eigenvalue weighted by Crippen LogP contribution is -2.62. The van der Waals surface area contributed by atoms with Gasteiger partial charge in [-0.15, -0.1) is 0 Å². The molecule has 0 N–H and O–H groups in total. The molecule has 0 atom stereocenters. The maximum atomic E-state index is 2.61. The molecule has 0 radical (unpaired) electrons. The van der Waals surface area contributed by atoms with E-state index in [2.05, 4.69) is 237 Å². The van der Waals surface area contributed by atoms with Crippen molar-refractivity contribution in [1.29, 1.82) is 0 Å². The van der Waals surface area contributed by atoms with Gasteiger partial charge in [-0.3, -0.25) is 0 Å². The predicted molar refractivity (Wildman–Crippen MR) is 268 cm³/mol. The Morgan fingerprint density at radius 1 is 0.367 bits per heavy atom. The van der Waals surface area contributed by atoms with Gasteiger partial charge in [0.1, 0.15) is 7.85 Å². The van der Waals surface area contributed by atoms with E-state index in [1.807, 2.05) is 0 Å². The molecule has 2 nitrogen and oxygen atoms in total. The lowest BCUT2D eigenvalue weighted by atomic mass is 9.33. The van der Waals surface area contributed by atoms with Crippen LogP contribution in [0.1, 0.15) is 132 Å². The summed E-state index contributed by atoms with van der Waals surface area (Å²) in [5, 5.41) is 0. The highest BCUT2D eigenvalue weighted by Gasteiger charge is 2.44. The molecule has 8 rings (SSSR count). The van der Waals surface area contributed by atoms with E-state index in [4.69, 9.17) is 0 Å². The molecule has 0 saturated carbocycles. The second-order valence-corrected chi connectivity index (χ2v) is 23.0. The smallest absolute Gasteiger partial charge is 0.252 e. The lowest BCUT2D eigenvalue weighted by Gasteiger charge is -2.45. The van der Waals surface area contributed by atoms with Crippen LogP contribution in [0.15, 0.2) is 115 Å². The van der Waals surface area contributed by atoms with Crippen molar-refractivity contribution in [3.63, 3.8) is 0 Å². The van der Waals surface area contributed by atoms with Crippen LogP contribution in [-0.4, -0.2) is 14.6 Å². The summed E-state index contributed by atoms with van der Waals surface area (Å²) >= 11 is 0. The average Bonchev–Trinajstić information content (AvgIpc) is 3.15. The van der Waals surface area contributed by atoms with Crippen molar-refractivity contribution in [2.24, 2.45) is 0 Å². The zero-order valence-electron chi connectivity index (χ0n) is 39.4. The van der Waals surface area contributed by atoms with E-state index >= 15 is 0 Å². The summed E-state index contributed by atoms with van der Waals surface area (Å²) in [5.41, 5.74) is 22.1. The molecule has 2 heterocycles. The zero-order valence-corrected chi connectivity index (χ0v) is 39.4. The van der Waals surface area contributed by atoms with Crippen molar-refractivity contribution >= 4 is 70.5 Å². The van der Waals surface area contributed by atoms with Crippen LogP contribution < -0.4 is 31.7 Å². The van der Waals surface area contributed by atoms with Crippen LogP contribution in [0.2, 0.25) is 0 Å². The first kappa shape index (κ1) is 41.8. The number of fused-ring (bicyclic) bond motifs is 4. The first-order valence-corrected chi connectivity index (χ1v) is 22.2. The van der Waals surface area contributed by atoms with E-state index in [-0.39, 0.29) is 33.8 Å². The SMILES string of the molecule is Bc1cc2c3c(c1)N(c1ccc(C(C)(C)C)cc1-c1ccc(C(C)(C)C)cc1)c1ccc(C(C)(C)C)cc1B3c1cc(C(C)(C)C)ccc1N2c1ccc(C(C)(C)C)cc1. The van der Waals surface area contributed by atoms with Crippen LogP contribution in [0, 0.1) is 0 Å². The number of hydrogen-bond donors (Lipinski definition) is 0. The number of nitrogens with zero attached hydrogens (tertiary/aromatic N) is 2. The van der Waals surface area contributed by atoms with Gasteiger partial charge < -0.3 is 9.80 Å². The third kappa shape index (κ3) is 7.33. The van der Waals surface area contributed by atoms with Crippen molar-refractivity contribution in [3.8, 4) is 11.1 Å². The van der Waals surface area contributed by atoms with Gasteiger partial charge in [-0.05, 0) is 125 Å². The highest BCUT2D eigenvalue weighted by atomic mass is 15.2. The Balaban J connectivity index is 1.48. The second kappa shape index (κ2) is 14.1. The first-order valence-electron chi connectivity index (χ1n) is 22.2. The van der Waals surface area contributed by atoms with Gasteiger partial charge in [-0.2, -0.15) is 0 Å². The van der Waals surface area contributed by atoms with E-state index in [0.29, 0.717) is 0 Å². The Kier molecular flexibility index (Phi) is 9.78. The van der Waals surface area contributed by atoms with Crippen LogP contribution in [0.25, 0.3) is 11.1 Å². The topological polar surface area (TPSA) is 6.48 Å². The number of hydrogen-bond acceptors (Lipinski definition) is 2. The zero-order chi connectivity index (χ0) is 43.5. The van der Waals surface area contributed by atoms with Gasteiger partial charge in [0.25, 0.3) is 6.71 Å². The molecular formula is C56H66B2N2. The van der Waals surface area contributed by atoms with E-state index in [1.165, 1.54) is 94.9 Å². The van der Waals surface area contributed by atoms with Gasteiger partial charge in [0.05, 0.1) is 5.69 Å². The van der Waals surface area contributed by atoms with Crippen LogP contribution in [0.4, 0.5) is 34.1 Å². The van der Waals surface area contributed by atoms with E-state index in [1.54, 1.807) is 0 Å². The number of benzene rings is 6. The van der Waals surface area contributed by atoms with Gasteiger partial charge in [0, 0.05) is 34.0 Å². The normalized spacial score (nSPS) is 14.2. The Bertz CT molecular complexity index is 2620. The maximum absolute atomic E-state index is 2.61. The minimum Gasteiger partial charge on any atom is -0.311 e. The maximum Gasteiger partial charge on any atom is 0.252 e. The Morgan fingerprint density at radius 3 is 1.18 bits per heavy atom. The molecule has 0 unspecified atom stereocenters. The monoisotopic (exact) mass is 789 g/mol. The van der Waals surface area contributed by atoms with Crippen LogP contribution >= 0.6 is 0 Å². The molecule has 2 aliphatic rings. The molecule has 0 bridgehead atoms. The van der Waals surface area contributed by atoms with Gasteiger partial charge >= 0.3 is 0 Å². The molecule has 60 heavy (non-hydrogen) atoms. The molecule has 0 spiro atoms. The van der Waals surface area contributed by atoms with Crippen molar-refractivity contribution < 1.29 is 0 Å². The summed E-state index contributed by atoms with van der Waals surface area (Å²) < 4.78 is 0. The van der Waals surface area contributed by atoms with Crippen LogP contribution in [-0.2, 0) is 27.1 Å². The fraction of sp³-hybridized carbons (Fsp3) is 0.357. The average molecular weight is 789 g/mol. The largest absolute Gasteiger partial charge is 0.311 e. The van der Waals surface area contributed by atoms with E-state index in [9.17, 15) is 0 Å². The van der Waals surface area contributed by atoms with Crippen molar-refractivity contribution in [2.45, 2.75) is 131 Å². The Labute approximate surface area is 363 Å². The molecule has 306 valence electrons. The third-order valence-electron chi connectivity index (χ3n) is 13.1. The number of anilines is 6. The summed E-state index contributed by atoms with van der Waals surface area (Å²) in [6.07, 6.45) is 0. The second-order valence-electron chi connectivity index (χ2n) is 23.0. The standard InChI is InChI=1S/C56H66B2N2/c1-52(2,3)36-18-16-35(17-19-36)43-30-38(54(7,8)9)22-27-46(43)60-48-29-24-40(56(13,14)15)32-45(48)58-44-31-39(55(10,11)12)23-28-47(44)59(49-33-41(57)34-50(60)51(49)58)42-25-20-37(21-26-42)53(4,5)6/h16-34H,57H2,1-15H3. The summed E-state index contributed by atoms with van der Waals surface area (Å²) in [4.78, 5) is 5.17. The van der Waals surface area contributed by atoms with Gasteiger partial charge in [-0.25, -0.2) is 0 Å². The molecule has 0 amide bonds. The van der Waals surface area contributed by atoms with Gasteiger partial charge in [-0.1, -0.05) is 176 Å². The highest BCUT2D eigenvalue weighted by molar-refractivity contribution is 7.00. The first-order chi connectivity index (χ1) is 27.8. The molecule has 6 aromatic carbocycles. The molecule has 4 heteroatoms. The molecule has 0 aromatic heterocycles. The molecule has 0 fully saturated rings. The van der Waals surface area contributed by atoms with E-state index in [0.717, 1.165) is 0 Å². The third-order valence-corrected chi connectivity index (χ3v) is 13.1. The quantitative estimate of drug-likeness (QED) is 0.165. The number of rotatable bonds is 3. The Morgan fingerprint density at radius 2 is 0.733 bits per heavy atom. The molecular weight excluding hydrogens is 722 g/mol. The molecule has 0 saturated heterocycles. The minimum absolute atomic E-state index is 0.00632. The predicted octanol–water partition coefficient (Wildman–Crippen LogP) is 12.2. The Hall–Kier alpha value is -4.95. The van der Waals surface area contributed by atoms with Gasteiger partial charge in [0.2, 0.25) is 0 Å². The lowest BCUT2D eigenvalue weighted by molar-refractivity contribution is 0.590. The fourth-order valence-corrected chi connectivity index (χ4v) is 9.30. The van der Waals surface area contributed by atoms with Crippen molar-refractivity contribution in [3.05, 3.63) is 143 Å². The van der Waals surface area contributed by atoms with Crippen molar-refractivity contribution in [2.75, 3.05) is 9.80 Å². The van der Waals surface area contributed by atoms with Gasteiger partial charge in [0.15, 0.2) is 0 Å². The summed E-state index contributed by atoms with van der Waals surface area (Å²) in [6.45, 7) is 34.9. The molecule has 6 aromatic rings. The molecule has 2 aliphatic heterocycles. The van der Waals surface area contributed by atoms with E-state index < -0.39 is 0 Å². The van der Waals surface area contributed by atoms with Crippen LogP contribution in [0.5, 0.6) is 0 Å². The summed E-state index contributed by atoms with van der Waals surface area (Å²) in [7, 11) is 2.27. The van der Waals surface area contributed by atoms with Crippen LogP contribution in [0.3, 0.4) is 0 Å². The van der Waals surface area contributed by atoms with Crippen molar-refractivity contribution in [1.82, 2.24) is 0 Å². The minimum atomic E-state index is -0.0177. The molecule has 0 aliphatic carbocycles. The summed E-state index contributed by atoms with van der Waals surface area (Å²) in [5.74, 6) is 0.